The Hall–Kier alpha value is -1.83. The molecule has 0 bridgehead atoms. The fourth-order valence-electron chi connectivity index (χ4n) is 2.96. The van der Waals surface area contributed by atoms with Gasteiger partial charge in [0, 0.05) is 5.92 Å². The van der Waals surface area contributed by atoms with Gasteiger partial charge in [-0.25, -0.2) is 0 Å². The summed E-state index contributed by atoms with van der Waals surface area (Å²) in [6.07, 6.45) is 7.12. The first kappa shape index (κ1) is 10.3. The van der Waals surface area contributed by atoms with E-state index in [1.54, 1.807) is 0 Å². The van der Waals surface area contributed by atoms with E-state index in [1.807, 2.05) is 36.4 Å². The molecule has 1 fully saturated rings. The number of carbonyl (C=O) groups is 1. The maximum atomic E-state index is 12.2. The third kappa shape index (κ3) is 1.24. The van der Waals surface area contributed by atoms with Gasteiger partial charge in [0.25, 0.3) is 0 Å². The van der Waals surface area contributed by atoms with Crippen LogP contribution in [-0.2, 0) is 14.9 Å². The van der Waals surface area contributed by atoms with Crippen LogP contribution in [0.4, 0.5) is 0 Å². The van der Waals surface area contributed by atoms with Crippen LogP contribution in [0.25, 0.3) is 0 Å². The van der Waals surface area contributed by atoms with Crippen molar-refractivity contribution in [1.82, 2.24) is 0 Å². The van der Waals surface area contributed by atoms with E-state index in [0.29, 0.717) is 5.92 Å². The minimum absolute atomic E-state index is 0.136. The first-order chi connectivity index (χ1) is 8.31. The molecule has 2 nitrogen and oxygen atoms in total. The Kier molecular flexibility index (Phi) is 2.18. The predicted octanol–water partition coefficient (Wildman–Crippen LogP) is 2.61. The zero-order chi connectivity index (χ0) is 11.9. The minimum atomic E-state index is -0.514. The molecule has 0 saturated heterocycles. The number of hydrogen-bond acceptors (Lipinski definition) is 2. The third-order valence-electron chi connectivity index (χ3n) is 3.79. The van der Waals surface area contributed by atoms with Crippen molar-refractivity contribution in [2.24, 2.45) is 5.92 Å². The molecule has 1 aromatic carbocycles. The summed E-state index contributed by atoms with van der Waals surface area (Å²) in [5, 5.41) is 0. The molecule has 0 aliphatic heterocycles. The summed E-state index contributed by atoms with van der Waals surface area (Å²) in [7, 11) is 1.46. The summed E-state index contributed by atoms with van der Waals surface area (Å²) in [5.41, 5.74) is 1.73. The first-order valence-corrected chi connectivity index (χ1v) is 5.83. The molecule has 0 N–H and O–H groups in total. The average molecular weight is 226 g/mol. The monoisotopic (exact) mass is 226 g/mol. The van der Waals surface area contributed by atoms with Gasteiger partial charge < -0.3 is 4.74 Å². The lowest BCUT2D eigenvalue weighted by atomic mass is 9.92. The van der Waals surface area contributed by atoms with E-state index in [2.05, 4.69) is 12.2 Å². The van der Waals surface area contributed by atoms with Crippen molar-refractivity contribution >= 4 is 5.97 Å². The van der Waals surface area contributed by atoms with Gasteiger partial charge in [-0.3, -0.25) is 4.79 Å². The topological polar surface area (TPSA) is 26.3 Å². The van der Waals surface area contributed by atoms with E-state index in [9.17, 15) is 4.79 Å². The lowest BCUT2D eigenvalue weighted by Crippen LogP contribution is -2.24. The summed E-state index contributed by atoms with van der Waals surface area (Å²) < 4.78 is 5.02. The van der Waals surface area contributed by atoms with Crippen LogP contribution in [0.2, 0.25) is 0 Å². The molecule has 17 heavy (non-hydrogen) atoms. The molecule has 0 radical (unpaired) electrons. The second-order valence-corrected chi connectivity index (χ2v) is 4.50. The van der Waals surface area contributed by atoms with Crippen molar-refractivity contribution in [3.63, 3.8) is 0 Å². The largest absolute Gasteiger partial charge is 0.468 e. The predicted molar refractivity (Wildman–Crippen MR) is 65.5 cm³/mol. The summed E-state index contributed by atoms with van der Waals surface area (Å²) in [4.78, 5) is 12.2. The fourth-order valence-corrected chi connectivity index (χ4v) is 2.96. The number of fused-ring (bicyclic) bond motifs is 1. The van der Waals surface area contributed by atoms with Gasteiger partial charge in [0.05, 0.1) is 7.11 Å². The zero-order valence-electron chi connectivity index (χ0n) is 9.72. The molecule has 0 heterocycles. The van der Waals surface area contributed by atoms with E-state index in [0.717, 1.165) is 12.0 Å². The second kappa shape index (κ2) is 3.59. The van der Waals surface area contributed by atoms with Crippen LogP contribution in [0.3, 0.4) is 0 Å². The number of allylic oxidation sites excluding steroid dienone is 3. The van der Waals surface area contributed by atoms with Crippen LogP contribution in [0.15, 0.2) is 54.1 Å². The van der Waals surface area contributed by atoms with E-state index in [-0.39, 0.29) is 5.97 Å². The maximum absolute atomic E-state index is 12.2. The summed E-state index contributed by atoms with van der Waals surface area (Å²) in [5.74, 6) is 0.158. The number of carbonyl (C=O) groups excluding carboxylic acids is 1. The number of rotatable bonds is 2. The van der Waals surface area contributed by atoms with Gasteiger partial charge >= 0.3 is 5.97 Å². The van der Waals surface area contributed by atoms with Crippen LogP contribution < -0.4 is 0 Å². The lowest BCUT2D eigenvalue weighted by molar-refractivity contribution is -0.143. The first-order valence-electron chi connectivity index (χ1n) is 5.83. The van der Waals surface area contributed by atoms with Crippen molar-refractivity contribution in [2.45, 2.75) is 11.8 Å². The molecule has 2 heteroatoms. The lowest BCUT2D eigenvalue weighted by Gasteiger charge is -2.14. The second-order valence-electron chi connectivity index (χ2n) is 4.50. The molecule has 2 aliphatic rings. The highest BCUT2D eigenvalue weighted by Gasteiger charge is 2.66. The Morgan fingerprint density at radius 1 is 1.35 bits per heavy atom. The van der Waals surface area contributed by atoms with Crippen LogP contribution in [0.1, 0.15) is 12.0 Å². The van der Waals surface area contributed by atoms with Gasteiger partial charge in [0.2, 0.25) is 0 Å². The van der Waals surface area contributed by atoms with Crippen molar-refractivity contribution in [3.05, 3.63) is 59.7 Å². The van der Waals surface area contributed by atoms with Crippen molar-refractivity contribution in [3.8, 4) is 0 Å². The SMILES string of the molecule is COC(=O)C1(c2ccccc2)C2=CC=CCC21. The van der Waals surface area contributed by atoms with Gasteiger partial charge in [-0.15, -0.1) is 0 Å². The van der Waals surface area contributed by atoms with Crippen LogP contribution >= 0.6 is 0 Å². The summed E-state index contributed by atoms with van der Waals surface area (Å²) in [6, 6.07) is 9.93. The maximum Gasteiger partial charge on any atom is 0.321 e. The standard InChI is InChI=1S/C15H14O2/c1-17-14(16)15(11-7-3-2-4-8-11)12-9-5-6-10-13(12)15/h2-9,13H,10H2,1H3. The van der Waals surface area contributed by atoms with Crippen molar-refractivity contribution in [1.29, 1.82) is 0 Å². The third-order valence-corrected chi connectivity index (χ3v) is 3.79. The molecule has 0 aromatic heterocycles. The van der Waals surface area contributed by atoms with Crippen LogP contribution in [0.5, 0.6) is 0 Å². The van der Waals surface area contributed by atoms with Crippen LogP contribution in [-0.4, -0.2) is 13.1 Å². The molecule has 2 unspecified atom stereocenters. The van der Waals surface area contributed by atoms with E-state index < -0.39 is 5.41 Å². The Morgan fingerprint density at radius 2 is 2.12 bits per heavy atom. The fraction of sp³-hybridized carbons (Fsp3) is 0.267. The Morgan fingerprint density at radius 3 is 2.71 bits per heavy atom. The van der Waals surface area contributed by atoms with Gasteiger partial charge in [0.15, 0.2) is 0 Å². The molecule has 2 atom stereocenters. The van der Waals surface area contributed by atoms with E-state index in [4.69, 9.17) is 4.74 Å². The highest BCUT2D eigenvalue weighted by molar-refractivity contribution is 5.95. The number of ether oxygens (including phenoxy) is 1. The molecule has 1 saturated carbocycles. The molecule has 86 valence electrons. The molecular formula is C15H14O2. The Bertz CT molecular complexity index is 513. The Labute approximate surface area is 101 Å². The molecule has 2 aliphatic carbocycles. The van der Waals surface area contributed by atoms with Crippen molar-refractivity contribution in [2.75, 3.05) is 7.11 Å². The van der Waals surface area contributed by atoms with E-state index in [1.165, 1.54) is 12.7 Å². The average Bonchev–Trinajstić information content (AvgIpc) is 3.09. The summed E-state index contributed by atoms with van der Waals surface area (Å²) >= 11 is 0. The number of benzene rings is 1. The number of hydrogen-bond donors (Lipinski definition) is 0. The van der Waals surface area contributed by atoms with Gasteiger partial charge in [-0.05, 0) is 17.6 Å². The minimum Gasteiger partial charge on any atom is -0.468 e. The van der Waals surface area contributed by atoms with E-state index >= 15 is 0 Å². The molecular weight excluding hydrogens is 212 g/mol. The number of methoxy groups -OCH3 is 1. The number of esters is 1. The van der Waals surface area contributed by atoms with Crippen LogP contribution in [0, 0.1) is 5.92 Å². The Balaban J connectivity index is 2.10. The smallest absolute Gasteiger partial charge is 0.321 e. The molecule has 0 spiro atoms. The van der Waals surface area contributed by atoms with Gasteiger partial charge in [0.1, 0.15) is 5.41 Å². The highest BCUT2D eigenvalue weighted by atomic mass is 16.5. The van der Waals surface area contributed by atoms with Crippen molar-refractivity contribution < 1.29 is 9.53 Å². The molecule has 0 amide bonds. The summed E-state index contributed by atoms with van der Waals surface area (Å²) in [6.45, 7) is 0. The van der Waals surface area contributed by atoms with Gasteiger partial charge in [-0.2, -0.15) is 0 Å². The quantitative estimate of drug-likeness (QED) is 0.724. The highest BCUT2D eigenvalue weighted by Crippen LogP contribution is 2.63. The zero-order valence-corrected chi connectivity index (χ0v) is 9.72. The molecule has 1 aromatic rings. The molecule has 3 rings (SSSR count). The normalized spacial score (nSPS) is 29.2. The van der Waals surface area contributed by atoms with Gasteiger partial charge in [-0.1, -0.05) is 48.6 Å².